The van der Waals surface area contributed by atoms with Gasteiger partial charge in [0.15, 0.2) is 9.84 Å². The molecule has 0 aliphatic carbocycles. The summed E-state index contributed by atoms with van der Waals surface area (Å²) in [6.45, 7) is 3.83. The van der Waals surface area contributed by atoms with Crippen LogP contribution in [0.3, 0.4) is 0 Å². The fourth-order valence-corrected chi connectivity index (χ4v) is 3.09. The van der Waals surface area contributed by atoms with Crippen molar-refractivity contribution in [1.29, 1.82) is 0 Å². The highest BCUT2D eigenvalue weighted by molar-refractivity contribution is 7.90. The monoisotopic (exact) mass is 268 g/mol. The molecular weight excluding hydrogens is 248 g/mol. The molecule has 0 radical (unpaired) electrons. The quantitative estimate of drug-likeness (QED) is 0.896. The molecule has 0 amide bonds. The van der Waals surface area contributed by atoms with Gasteiger partial charge in [-0.25, -0.2) is 8.42 Å². The summed E-state index contributed by atoms with van der Waals surface area (Å²) in [7, 11) is -3.11. The van der Waals surface area contributed by atoms with Crippen LogP contribution in [0, 0.1) is 0 Å². The van der Waals surface area contributed by atoms with Gasteiger partial charge >= 0.3 is 0 Å². The zero-order chi connectivity index (χ0) is 13.4. The normalized spacial score (nSPS) is 18.5. The zero-order valence-electron chi connectivity index (χ0n) is 10.9. The third-order valence-corrected chi connectivity index (χ3v) is 4.52. The standard InChI is InChI=1S/C13H20N2O2S/c1-3-8-13(14)9-15(10-13)11-4-6-12(7-5-11)18(2,16)17/h4-7H,3,8-10,14H2,1-2H3. The summed E-state index contributed by atoms with van der Waals surface area (Å²) in [5.74, 6) is 0. The molecule has 1 aromatic carbocycles. The maximum Gasteiger partial charge on any atom is 0.175 e. The van der Waals surface area contributed by atoms with Gasteiger partial charge in [0.1, 0.15) is 0 Å². The molecule has 2 rings (SSSR count). The molecule has 4 nitrogen and oxygen atoms in total. The molecular formula is C13H20N2O2S. The van der Waals surface area contributed by atoms with E-state index in [9.17, 15) is 8.42 Å². The predicted molar refractivity (Wildman–Crippen MR) is 73.6 cm³/mol. The second kappa shape index (κ2) is 4.55. The highest BCUT2D eigenvalue weighted by Crippen LogP contribution is 2.29. The summed E-state index contributed by atoms with van der Waals surface area (Å²) >= 11 is 0. The molecule has 1 heterocycles. The van der Waals surface area contributed by atoms with Crippen molar-refractivity contribution in [3.63, 3.8) is 0 Å². The van der Waals surface area contributed by atoms with Gasteiger partial charge in [-0.2, -0.15) is 0 Å². The minimum atomic E-state index is -3.11. The number of hydrogen-bond donors (Lipinski definition) is 1. The number of benzene rings is 1. The summed E-state index contributed by atoms with van der Waals surface area (Å²) in [5, 5.41) is 0. The van der Waals surface area contributed by atoms with Crippen LogP contribution in [0.15, 0.2) is 29.2 Å². The highest BCUT2D eigenvalue weighted by Gasteiger charge is 2.38. The first-order chi connectivity index (χ1) is 8.34. The lowest BCUT2D eigenvalue weighted by Crippen LogP contribution is -2.67. The summed E-state index contributed by atoms with van der Waals surface area (Å²) in [6.07, 6.45) is 3.35. The summed E-state index contributed by atoms with van der Waals surface area (Å²) in [4.78, 5) is 2.54. The van der Waals surface area contributed by atoms with E-state index in [1.54, 1.807) is 12.1 Å². The van der Waals surface area contributed by atoms with Crippen LogP contribution in [0.4, 0.5) is 5.69 Å². The highest BCUT2D eigenvalue weighted by atomic mass is 32.2. The fourth-order valence-electron chi connectivity index (χ4n) is 2.46. The lowest BCUT2D eigenvalue weighted by Gasteiger charge is -2.49. The van der Waals surface area contributed by atoms with Crippen LogP contribution >= 0.6 is 0 Å². The van der Waals surface area contributed by atoms with E-state index in [2.05, 4.69) is 11.8 Å². The smallest absolute Gasteiger partial charge is 0.175 e. The topological polar surface area (TPSA) is 63.4 Å². The number of rotatable bonds is 4. The summed E-state index contributed by atoms with van der Waals surface area (Å²) in [6, 6.07) is 7.01. The van der Waals surface area contributed by atoms with Gasteiger partial charge in [0.05, 0.1) is 10.4 Å². The first kappa shape index (κ1) is 13.4. The number of sulfone groups is 1. The second-order valence-corrected chi connectivity index (χ2v) is 7.25. The van der Waals surface area contributed by atoms with Crippen molar-refractivity contribution in [2.24, 2.45) is 5.73 Å². The molecule has 0 atom stereocenters. The van der Waals surface area contributed by atoms with E-state index in [4.69, 9.17) is 5.73 Å². The molecule has 1 fully saturated rings. The largest absolute Gasteiger partial charge is 0.368 e. The number of nitrogens with zero attached hydrogens (tertiary/aromatic N) is 1. The van der Waals surface area contributed by atoms with Gasteiger partial charge in [-0.3, -0.25) is 0 Å². The number of anilines is 1. The van der Waals surface area contributed by atoms with Gasteiger partial charge in [0.25, 0.3) is 0 Å². The maximum absolute atomic E-state index is 11.4. The van der Waals surface area contributed by atoms with E-state index in [0.717, 1.165) is 31.6 Å². The molecule has 1 saturated heterocycles. The minimum absolute atomic E-state index is 0.0652. The molecule has 2 N–H and O–H groups in total. The Hall–Kier alpha value is -1.07. The molecule has 100 valence electrons. The van der Waals surface area contributed by atoms with Gasteiger partial charge in [0, 0.05) is 25.0 Å². The molecule has 1 aliphatic rings. The number of hydrogen-bond acceptors (Lipinski definition) is 4. The Morgan fingerprint density at radius 2 is 1.83 bits per heavy atom. The molecule has 18 heavy (non-hydrogen) atoms. The van der Waals surface area contributed by atoms with E-state index in [1.807, 2.05) is 12.1 Å². The molecule has 1 aromatic rings. The Bertz CT molecular complexity index is 516. The zero-order valence-corrected chi connectivity index (χ0v) is 11.7. The predicted octanol–water partition coefficient (Wildman–Crippen LogP) is 1.41. The van der Waals surface area contributed by atoms with Crippen molar-refractivity contribution in [3.8, 4) is 0 Å². The van der Waals surface area contributed by atoms with Crippen LogP contribution in [0.25, 0.3) is 0 Å². The van der Waals surface area contributed by atoms with Crippen molar-refractivity contribution in [2.75, 3.05) is 24.2 Å². The lowest BCUT2D eigenvalue weighted by atomic mass is 9.86. The Labute approximate surface area is 109 Å². The molecule has 1 aliphatic heterocycles. The van der Waals surface area contributed by atoms with Gasteiger partial charge < -0.3 is 10.6 Å². The third-order valence-electron chi connectivity index (χ3n) is 3.39. The van der Waals surface area contributed by atoms with E-state index in [1.165, 1.54) is 6.26 Å². The second-order valence-electron chi connectivity index (χ2n) is 5.23. The van der Waals surface area contributed by atoms with Crippen molar-refractivity contribution in [1.82, 2.24) is 0 Å². The van der Waals surface area contributed by atoms with Crippen molar-refractivity contribution in [3.05, 3.63) is 24.3 Å². The van der Waals surface area contributed by atoms with Crippen LogP contribution in [0.1, 0.15) is 19.8 Å². The van der Waals surface area contributed by atoms with Gasteiger partial charge in [0.2, 0.25) is 0 Å². The molecule has 0 aromatic heterocycles. The Balaban J connectivity index is 2.05. The fraction of sp³-hybridized carbons (Fsp3) is 0.538. The average Bonchev–Trinajstić information content (AvgIpc) is 2.25. The molecule has 0 unspecified atom stereocenters. The molecule has 0 bridgehead atoms. The Morgan fingerprint density at radius 3 is 2.28 bits per heavy atom. The molecule has 5 heteroatoms. The van der Waals surface area contributed by atoms with Crippen molar-refractivity contribution < 1.29 is 8.42 Å². The third kappa shape index (κ3) is 2.67. The van der Waals surface area contributed by atoms with Crippen LogP contribution in [0.2, 0.25) is 0 Å². The van der Waals surface area contributed by atoms with Crippen LogP contribution in [-0.4, -0.2) is 33.3 Å². The molecule has 0 spiro atoms. The van der Waals surface area contributed by atoms with Gasteiger partial charge in [-0.1, -0.05) is 13.3 Å². The first-order valence-corrected chi connectivity index (χ1v) is 8.07. The Kier molecular flexibility index (Phi) is 3.38. The van der Waals surface area contributed by atoms with Crippen molar-refractivity contribution >= 4 is 15.5 Å². The number of nitrogens with two attached hydrogens (primary N) is 1. The van der Waals surface area contributed by atoms with Gasteiger partial charge in [-0.15, -0.1) is 0 Å². The van der Waals surface area contributed by atoms with E-state index >= 15 is 0 Å². The van der Waals surface area contributed by atoms with Crippen LogP contribution in [-0.2, 0) is 9.84 Å². The lowest BCUT2D eigenvalue weighted by molar-refractivity contribution is 0.308. The summed E-state index contributed by atoms with van der Waals surface area (Å²) < 4.78 is 22.7. The SMILES string of the molecule is CCCC1(N)CN(c2ccc(S(C)(=O)=O)cc2)C1. The van der Waals surface area contributed by atoms with Gasteiger partial charge in [-0.05, 0) is 30.7 Å². The van der Waals surface area contributed by atoms with E-state index in [0.29, 0.717) is 4.90 Å². The Morgan fingerprint density at radius 1 is 1.28 bits per heavy atom. The van der Waals surface area contributed by atoms with E-state index < -0.39 is 9.84 Å². The van der Waals surface area contributed by atoms with Crippen LogP contribution in [0.5, 0.6) is 0 Å². The van der Waals surface area contributed by atoms with Crippen molar-refractivity contribution in [2.45, 2.75) is 30.2 Å². The first-order valence-electron chi connectivity index (χ1n) is 6.18. The average molecular weight is 268 g/mol. The van der Waals surface area contributed by atoms with E-state index in [-0.39, 0.29) is 5.54 Å². The minimum Gasteiger partial charge on any atom is -0.368 e. The molecule has 0 saturated carbocycles. The van der Waals surface area contributed by atoms with Crippen LogP contribution < -0.4 is 10.6 Å². The maximum atomic E-state index is 11.4. The summed E-state index contributed by atoms with van der Waals surface area (Å²) in [5.41, 5.74) is 7.18.